The van der Waals surface area contributed by atoms with E-state index in [4.69, 9.17) is 18.9 Å². The summed E-state index contributed by atoms with van der Waals surface area (Å²) in [5.74, 6) is -6.06. The van der Waals surface area contributed by atoms with Crippen molar-refractivity contribution in [1.82, 2.24) is 0 Å². The predicted molar refractivity (Wildman–Crippen MR) is 138 cm³/mol. The first-order chi connectivity index (χ1) is 17.8. The van der Waals surface area contributed by atoms with Gasteiger partial charge in [0.1, 0.15) is 6.10 Å². The molecule has 3 saturated carbocycles. The molecule has 1 spiro atoms. The summed E-state index contributed by atoms with van der Waals surface area (Å²) >= 11 is 0. The van der Waals surface area contributed by atoms with Gasteiger partial charge in [0.05, 0.1) is 30.7 Å². The summed E-state index contributed by atoms with van der Waals surface area (Å²) in [7, 11) is 1.12. The van der Waals surface area contributed by atoms with Gasteiger partial charge in [-0.1, -0.05) is 39.8 Å². The van der Waals surface area contributed by atoms with Crippen LogP contribution in [0.1, 0.15) is 74.7 Å². The molecule has 5 fully saturated rings. The fraction of sp³-hybridized carbons (Fsp3) is 0.800. The predicted octanol–water partition coefficient (Wildman–Crippen LogP) is 3.16. The number of carbonyl (C=O) groups is 4. The van der Waals surface area contributed by atoms with Crippen LogP contribution in [-0.4, -0.2) is 65.4 Å². The number of ether oxygens (including phenoxy) is 4. The molecule has 39 heavy (non-hydrogen) atoms. The highest BCUT2D eigenvalue weighted by Crippen LogP contribution is 2.73. The standard InChI is InChI=1S/C30H42O9/c1-14-13-17-26(6)11-12-30(37-15(2)16(3)38-30)25(4,5)19(26)18(31)21(32)28(17,8)20-22(33)39-29(9,24(35)36-10)23(34)27(14,20)7/h15-17,19-21,32H,1,11-13H2,2-10H3/t15-,16-,17+,19-,20+,21-,26+,27-,28+,29+/m1/s1. The lowest BCUT2D eigenvalue weighted by Gasteiger charge is -2.70. The maximum absolute atomic E-state index is 14.4. The largest absolute Gasteiger partial charge is 0.466 e. The molecule has 2 saturated heterocycles. The number of esters is 2. The number of methoxy groups -OCH3 is 1. The number of cyclic esters (lactones) is 1. The molecule has 2 aliphatic heterocycles. The number of rotatable bonds is 1. The molecule has 5 aliphatic rings. The van der Waals surface area contributed by atoms with Crippen LogP contribution in [0.4, 0.5) is 0 Å². The van der Waals surface area contributed by atoms with Crippen molar-refractivity contribution in [2.45, 2.75) is 104 Å². The molecular formula is C30H42O9. The Morgan fingerprint density at radius 3 is 2.08 bits per heavy atom. The molecule has 9 heteroatoms. The number of Topliss-reactive ketones (excluding diaryl/α,β-unsaturated/α-hetero) is 2. The van der Waals surface area contributed by atoms with Crippen molar-refractivity contribution in [3.05, 3.63) is 12.2 Å². The molecule has 216 valence electrons. The Balaban J connectivity index is 1.65. The van der Waals surface area contributed by atoms with Crippen molar-refractivity contribution in [2.75, 3.05) is 7.11 Å². The molecule has 0 amide bonds. The summed E-state index contributed by atoms with van der Waals surface area (Å²) in [6.07, 6.45) is -0.468. The number of allylic oxidation sites excluding steroid dienone is 1. The van der Waals surface area contributed by atoms with Gasteiger partial charge >= 0.3 is 11.9 Å². The summed E-state index contributed by atoms with van der Waals surface area (Å²) < 4.78 is 23.2. The van der Waals surface area contributed by atoms with E-state index in [-0.39, 0.29) is 18.1 Å². The van der Waals surface area contributed by atoms with Gasteiger partial charge in [-0.15, -0.1) is 0 Å². The van der Waals surface area contributed by atoms with Gasteiger partial charge in [0, 0.05) is 23.2 Å². The van der Waals surface area contributed by atoms with Crippen molar-refractivity contribution in [2.24, 2.45) is 39.4 Å². The van der Waals surface area contributed by atoms with Crippen LogP contribution in [-0.2, 0) is 38.1 Å². The monoisotopic (exact) mass is 546 g/mol. The van der Waals surface area contributed by atoms with Crippen LogP contribution in [0.15, 0.2) is 12.2 Å². The average Bonchev–Trinajstić information content (AvgIpc) is 3.15. The van der Waals surface area contributed by atoms with Crippen LogP contribution in [0, 0.1) is 39.4 Å². The molecule has 10 atom stereocenters. The number of carbonyl (C=O) groups excluding carboxylic acids is 4. The highest BCUT2D eigenvalue weighted by Gasteiger charge is 2.79. The summed E-state index contributed by atoms with van der Waals surface area (Å²) in [4.78, 5) is 54.9. The van der Waals surface area contributed by atoms with Gasteiger partial charge in [0.25, 0.3) is 5.60 Å². The van der Waals surface area contributed by atoms with Crippen LogP contribution in [0.3, 0.4) is 0 Å². The van der Waals surface area contributed by atoms with Crippen LogP contribution in [0.25, 0.3) is 0 Å². The maximum atomic E-state index is 14.4. The van der Waals surface area contributed by atoms with E-state index in [0.717, 1.165) is 7.11 Å². The molecule has 0 unspecified atom stereocenters. The molecule has 1 N–H and O–H groups in total. The minimum absolute atomic E-state index is 0.148. The minimum atomic E-state index is -2.15. The zero-order valence-corrected chi connectivity index (χ0v) is 24.5. The first-order valence-corrected chi connectivity index (χ1v) is 13.9. The van der Waals surface area contributed by atoms with E-state index < -0.39 is 74.5 Å². The average molecular weight is 547 g/mol. The number of hydrogen-bond donors (Lipinski definition) is 1. The Kier molecular flexibility index (Phi) is 5.84. The summed E-state index contributed by atoms with van der Waals surface area (Å²) in [6.45, 7) is 18.7. The maximum Gasteiger partial charge on any atom is 0.358 e. The van der Waals surface area contributed by atoms with E-state index in [1.165, 1.54) is 6.92 Å². The molecule has 0 aromatic carbocycles. The van der Waals surface area contributed by atoms with Crippen molar-refractivity contribution in [3.8, 4) is 0 Å². The van der Waals surface area contributed by atoms with E-state index >= 15 is 0 Å². The summed E-state index contributed by atoms with van der Waals surface area (Å²) in [5.41, 5.74) is -6.01. The van der Waals surface area contributed by atoms with Crippen LogP contribution in [0.5, 0.6) is 0 Å². The second kappa shape index (κ2) is 8.01. The lowest BCUT2D eigenvalue weighted by Crippen LogP contribution is -2.77. The SMILES string of the molecule is C=C1C[C@H]2[C@]3(C)CCC4(O[C@H](C)[C@@H](C)O4)C(C)(C)[C@H]3C(=O)[C@@H](O)[C@]2(C)[C@H]2C(=O)O[C@](C)(C(=O)OC)C(=O)[C@]12C. The Bertz CT molecular complexity index is 1180. The fourth-order valence-corrected chi connectivity index (χ4v) is 9.62. The second-order valence-electron chi connectivity index (χ2n) is 14.0. The number of aliphatic hydroxyl groups excluding tert-OH is 1. The lowest BCUT2D eigenvalue weighted by atomic mass is 9.34. The van der Waals surface area contributed by atoms with Crippen molar-refractivity contribution in [3.63, 3.8) is 0 Å². The quantitative estimate of drug-likeness (QED) is 0.300. The molecule has 3 aliphatic carbocycles. The minimum Gasteiger partial charge on any atom is -0.466 e. The van der Waals surface area contributed by atoms with Gasteiger partial charge < -0.3 is 24.1 Å². The first kappa shape index (κ1) is 28.4. The zero-order chi connectivity index (χ0) is 29.3. The normalized spacial score (nSPS) is 50.1. The van der Waals surface area contributed by atoms with Crippen LogP contribution >= 0.6 is 0 Å². The van der Waals surface area contributed by atoms with E-state index in [0.29, 0.717) is 24.8 Å². The molecule has 0 radical (unpaired) electrons. The number of ketones is 2. The Labute approximate surface area is 229 Å². The Morgan fingerprint density at radius 1 is 0.974 bits per heavy atom. The molecule has 2 heterocycles. The van der Waals surface area contributed by atoms with E-state index in [1.807, 2.05) is 34.6 Å². The van der Waals surface area contributed by atoms with E-state index in [1.54, 1.807) is 13.8 Å². The second-order valence-corrected chi connectivity index (χ2v) is 14.0. The summed E-state index contributed by atoms with van der Waals surface area (Å²) in [6, 6.07) is 0. The summed E-state index contributed by atoms with van der Waals surface area (Å²) in [5, 5.41) is 11.9. The first-order valence-electron chi connectivity index (χ1n) is 13.9. The van der Waals surface area contributed by atoms with Crippen LogP contribution in [0.2, 0.25) is 0 Å². The van der Waals surface area contributed by atoms with Gasteiger partial charge in [-0.2, -0.15) is 0 Å². The van der Waals surface area contributed by atoms with Gasteiger partial charge in [-0.3, -0.25) is 14.4 Å². The Morgan fingerprint density at radius 2 is 1.54 bits per heavy atom. The van der Waals surface area contributed by atoms with Crippen molar-refractivity contribution < 1.29 is 43.2 Å². The van der Waals surface area contributed by atoms with Gasteiger partial charge in [0.15, 0.2) is 17.4 Å². The Hall–Kier alpha value is -2.10. The highest BCUT2D eigenvalue weighted by molar-refractivity contribution is 6.15. The van der Waals surface area contributed by atoms with E-state index in [9.17, 15) is 24.3 Å². The molecule has 5 rings (SSSR count). The number of aliphatic hydroxyl groups is 1. The van der Waals surface area contributed by atoms with Crippen LogP contribution < -0.4 is 0 Å². The third kappa shape index (κ3) is 3.02. The van der Waals surface area contributed by atoms with Gasteiger partial charge in [-0.05, 0) is 51.9 Å². The molecule has 9 nitrogen and oxygen atoms in total. The fourth-order valence-electron chi connectivity index (χ4n) is 9.62. The van der Waals surface area contributed by atoms with Crippen molar-refractivity contribution >= 4 is 23.5 Å². The highest BCUT2D eigenvalue weighted by atomic mass is 16.8. The number of hydrogen-bond acceptors (Lipinski definition) is 9. The third-order valence-corrected chi connectivity index (χ3v) is 11.9. The molecule has 0 aromatic rings. The smallest absolute Gasteiger partial charge is 0.358 e. The molecule has 0 bridgehead atoms. The van der Waals surface area contributed by atoms with Gasteiger partial charge in [-0.25, -0.2) is 4.79 Å². The zero-order valence-electron chi connectivity index (χ0n) is 24.5. The lowest BCUT2D eigenvalue weighted by molar-refractivity contribution is -0.311. The molecular weight excluding hydrogens is 504 g/mol. The topological polar surface area (TPSA) is 125 Å². The van der Waals surface area contributed by atoms with Gasteiger partial charge in [0.2, 0.25) is 0 Å². The number of fused-ring (bicyclic) bond motifs is 5. The third-order valence-electron chi connectivity index (χ3n) is 11.9. The molecule has 0 aromatic heterocycles. The van der Waals surface area contributed by atoms with Crippen molar-refractivity contribution in [1.29, 1.82) is 0 Å². The van der Waals surface area contributed by atoms with E-state index in [2.05, 4.69) is 6.58 Å².